The van der Waals surface area contributed by atoms with Gasteiger partial charge >= 0.3 is 0 Å². The Morgan fingerprint density at radius 3 is 2.41 bits per heavy atom. The number of nitro groups is 1. The van der Waals surface area contributed by atoms with Crippen LogP contribution in [0.2, 0.25) is 0 Å². The monoisotopic (exact) mass is 238 g/mol. The van der Waals surface area contributed by atoms with E-state index in [9.17, 15) is 15.2 Å². The normalized spacial score (nSPS) is 11.5. The van der Waals surface area contributed by atoms with Crippen LogP contribution in [0.4, 0.5) is 5.69 Å². The van der Waals surface area contributed by atoms with Crippen molar-refractivity contribution < 1.29 is 10.0 Å². The lowest BCUT2D eigenvalue weighted by Crippen LogP contribution is -2.26. The first kappa shape index (κ1) is 13.6. The van der Waals surface area contributed by atoms with Gasteiger partial charge in [0.05, 0.1) is 10.5 Å². The average Bonchev–Trinajstić information content (AvgIpc) is 2.24. The van der Waals surface area contributed by atoms with Gasteiger partial charge in [-0.25, -0.2) is 0 Å². The third-order valence-corrected chi connectivity index (χ3v) is 2.39. The van der Waals surface area contributed by atoms with Crippen LogP contribution >= 0.6 is 0 Å². The summed E-state index contributed by atoms with van der Waals surface area (Å²) >= 11 is 0. The minimum absolute atomic E-state index is 0.102. The van der Waals surface area contributed by atoms with Crippen LogP contribution in [0.5, 0.6) is 0 Å². The van der Waals surface area contributed by atoms with Crippen LogP contribution in [0.25, 0.3) is 0 Å². The highest BCUT2D eigenvalue weighted by Crippen LogP contribution is 2.11. The first-order valence-electron chi connectivity index (χ1n) is 5.55. The quantitative estimate of drug-likeness (QED) is 0.450. The zero-order valence-corrected chi connectivity index (χ0v) is 10.1. The first-order chi connectivity index (χ1) is 7.88. The fraction of sp³-hybridized carbons (Fsp3) is 0.500. The summed E-state index contributed by atoms with van der Waals surface area (Å²) in [6, 6.07) is 6.45. The van der Waals surface area contributed by atoms with E-state index in [1.807, 2.05) is 0 Å². The molecule has 0 amide bonds. The molecule has 0 spiro atoms. The van der Waals surface area contributed by atoms with E-state index in [0.717, 1.165) is 5.56 Å². The summed E-state index contributed by atoms with van der Waals surface area (Å²) in [6.07, 6.45) is 0.667. The molecule has 17 heavy (non-hydrogen) atoms. The lowest BCUT2D eigenvalue weighted by Gasteiger charge is -2.16. The number of non-ortho nitro benzene ring substituents is 1. The predicted octanol–water partition coefficient (Wildman–Crippen LogP) is 1.85. The summed E-state index contributed by atoms with van der Waals surface area (Å²) < 4.78 is 0. The summed E-state index contributed by atoms with van der Waals surface area (Å²) in [7, 11) is 0. The standard InChI is InChI=1S/C12H18N2O3/c1-12(2,15)7-8-13-9-10-3-5-11(6-4-10)14(16)17/h3-6,13,15H,7-9H2,1-2H3. The molecule has 94 valence electrons. The highest BCUT2D eigenvalue weighted by atomic mass is 16.6. The van der Waals surface area contributed by atoms with Crippen molar-refractivity contribution in [1.82, 2.24) is 5.32 Å². The molecule has 0 aromatic heterocycles. The summed E-state index contributed by atoms with van der Waals surface area (Å²) in [5.74, 6) is 0. The number of aliphatic hydroxyl groups is 1. The highest BCUT2D eigenvalue weighted by molar-refractivity contribution is 5.32. The fourth-order valence-electron chi connectivity index (χ4n) is 1.36. The maximum Gasteiger partial charge on any atom is 0.269 e. The van der Waals surface area contributed by atoms with Gasteiger partial charge in [-0.05, 0) is 32.4 Å². The molecule has 0 radical (unpaired) electrons. The number of benzene rings is 1. The van der Waals surface area contributed by atoms with Crippen molar-refractivity contribution in [2.75, 3.05) is 6.54 Å². The molecule has 1 rings (SSSR count). The van der Waals surface area contributed by atoms with Crippen LogP contribution in [-0.4, -0.2) is 22.2 Å². The van der Waals surface area contributed by atoms with Gasteiger partial charge in [-0.2, -0.15) is 0 Å². The van der Waals surface area contributed by atoms with Gasteiger partial charge in [0.1, 0.15) is 0 Å². The molecule has 0 bridgehead atoms. The zero-order chi connectivity index (χ0) is 12.9. The molecule has 0 heterocycles. The Hall–Kier alpha value is -1.46. The lowest BCUT2D eigenvalue weighted by atomic mass is 10.1. The number of nitrogens with zero attached hydrogens (tertiary/aromatic N) is 1. The van der Waals surface area contributed by atoms with Crippen LogP contribution in [0.3, 0.4) is 0 Å². The molecule has 1 aromatic rings. The molecule has 0 unspecified atom stereocenters. The van der Waals surface area contributed by atoms with E-state index in [2.05, 4.69) is 5.32 Å². The summed E-state index contributed by atoms with van der Waals surface area (Å²) in [5, 5.41) is 23.1. The Morgan fingerprint density at radius 1 is 1.35 bits per heavy atom. The number of nitro benzene ring substituents is 1. The van der Waals surface area contributed by atoms with Gasteiger partial charge in [-0.3, -0.25) is 10.1 Å². The molecule has 1 aromatic carbocycles. The van der Waals surface area contributed by atoms with Gasteiger partial charge < -0.3 is 10.4 Å². The van der Waals surface area contributed by atoms with Crippen molar-refractivity contribution in [2.24, 2.45) is 0 Å². The largest absolute Gasteiger partial charge is 0.390 e. The summed E-state index contributed by atoms with van der Waals surface area (Å²) in [6.45, 7) is 4.88. The topological polar surface area (TPSA) is 75.4 Å². The number of hydrogen-bond acceptors (Lipinski definition) is 4. The van der Waals surface area contributed by atoms with Crippen molar-refractivity contribution in [1.29, 1.82) is 0 Å². The van der Waals surface area contributed by atoms with Crippen LogP contribution in [0.1, 0.15) is 25.8 Å². The first-order valence-corrected chi connectivity index (χ1v) is 5.55. The Bertz CT molecular complexity index is 368. The van der Waals surface area contributed by atoms with Crippen LogP contribution < -0.4 is 5.32 Å². The third kappa shape index (κ3) is 5.42. The van der Waals surface area contributed by atoms with Gasteiger partial charge in [0.2, 0.25) is 0 Å². The van der Waals surface area contributed by atoms with E-state index in [1.165, 1.54) is 12.1 Å². The minimum Gasteiger partial charge on any atom is -0.390 e. The lowest BCUT2D eigenvalue weighted by molar-refractivity contribution is -0.384. The van der Waals surface area contributed by atoms with Crippen molar-refractivity contribution in [3.05, 3.63) is 39.9 Å². The summed E-state index contributed by atoms with van der Waals surface area (Å²) in [4.78, 5) is 10.0. The van der Waals surface area contributed by atoms with Gasteiger partial charge in [-0.15, -0.1) is 0 Å². The number of hydrogen-bond donors (Lipinski definition) is 2. The highest BCUT2D eigenvalue weighted by Gasteiger charge is 2.11. The van der Waals surface area contributed by atoms with Crippen LogP contribution in [0.15, 0.2) is 24.3 Å². The van der Waals surface area contributed by atoms with E-state index in [0.29, 0.717) is 19.5 Å². The van der Waals surface area contributed by atoms with Gasteiger partial charge in [0, 0.05) is 18.7 Å². The molecule has 2 N–H and O–H groups in total. The maximum atomic E-state index is 10.4. The summed E-state index contributed by atoms with van der Waals surface area (Å²) in [5.41, 5.74) is 0.430. The molecule has 0 aliphatic rings. The zero-order valence-electron chi connectivity index (χ0n) is 10.1. The number of rotatable bonds is 6. The molecular weight excluding hydrogens is 220 g/mol. The van der Waals surface area contributed by atoms with Crippen molar-refractivity contribution in [3.63, 3.8) is 0 Å². The average molecular weight is 238 g/mol. The van der Waals surface area contributed by atoms with E-state index >= 15 is 0 Å². The fourth-order valence-corrected chi connectivity index (χ4v) is 1.36. The second-order valence-corrected chi connectivity index (χ2v) is 4.66. The molecule has 5 nitrogen and oxygen atoms in total. The van der Waals surface area contributed by atoms with Crippen molar-refractivity contribution in [3.8, 4) is 0 Å². The second-order valence-electron chi connectivity index (χ2n) is 4.66. The van der Waals surface area contributed by atoms with Gasteiger partial charge in [0.15, 0.2) is 0 Å². The van der Waals surface area contributed by atoms with E-state index in [-0.39, 0.29) is 5.69 Å². The van der Waals surface area contributed by atoms with Gasteiger partial charge in [0.25, 0.3) is 5.69 Å². The minimum atomic E-state index is -0.664. The molecule has 5 heteroatoms. The molecule has 0 fully saturated rings. The van der Waals surface area contributed by atoms with Crippen molar-refractivity contribution in [2.45, 2.75) is 32.4 Å². The Balaban J connectivity index is 2.35. The molecule has 0 saturated carbocycles. The number of nitrogens with one attached hydrogen (secondary N) is 1. The Labute approximate surface area is 101 Å². The molecule has 0 atom stereocenters. The van der Waals surface area contributed by atoms with E-state index in [4.69, 9.17) is 0 Å². The van der Waals surface area contributed by atoms with Crippen LogP contribution in [-0.2, 0) is 6.54 Å². The van der Waals surface area contributed by atoms with E-state index < -0.39 is 10.5 Å². The van der Waals surface area contributed by atoms with Crippen LogP contribution in [0, 0.1) is 10.1 Å². The Morgan fingerprint density at radius 2 is 1.94 bits per heavy atom. The SMILES string of the molecule is CC(C)(O)CCNCc1ccc([N+](=O)[O-])cc1. The van der Waals surface area contributed by atoms with E-state index in [1.54, 1.807) is 26.0 Å². The molecule has 0 saturated heterocycles. The Kier molecular flexibility index (Phi) is 4.60. The van der Waals surface area contributed by atoms with Gasteiger partial charge in [-0.1, -0.05) is 12.1 Å². The second kappa shape index (κ2) is 5.75. The third-order valence-electron chi connectivity index (χ3n) is 2.39. The smallest absolute Gasteiger partial charge is 0.269 e. The molecule has 0 aliphatic carbocycles. The maximum absolute atomic E-state index is 10.4. The van der Waals surface area contributed by atoms with Crippen molar-refractivity contribution >= 4 is 5.69 Å². The molecule has 0 aliphatic heterocycles. The molecular formula is C12H18N2O3. The predicted molar refractivity (Wildman–Crippen MR) is 65.7 cm³/mol.